The molecule has 0 fully saturated rings. The van der Waals surface area contributed by atoms with Crippen molar-refractivity contribution >= 4 is 39.2 Å². The third kappa shape index (κ3) is 2.78. The van der Waals surface area contributed by atoms with Crippen LogP contribution in [0.15, 0.2) is 22.7 Å². The van der Waals surface area contributed by atoms with Crippen molar-refractivity contribution in [3.8, 4) is 0 Å². The number of aromatic nitrogens is 2. The van der Waals surface area contributed by atoms with Gasteiger partial charge in [0.15, 0.2) is 4.77 Å². The van der Waals surface area contributed by atoms with E-state index in [4.69, 9.17) is 12.2 Å². The number of hydrogen-bond donors (Lipinski definition) is 1. The van der Waals surface area contributed by atoms with Crippen LogP contribution < -0.4 is 0 Å². The topological polar surface area (TPSA) is 24.0 Å². The molecule has 92 valence electrons. The largest absolute Gasteiger partial charge is 0.331 e. The fraction of sp³-hybridized carbons (Fsp3) is 0.417. The predicted octanol–water partition coefficient (Wildman–Crippen LogP) is 3.41. The summed E-state index contributed by atoms with van der Waals surface area (Å²) in [5.74, 6) is 0. The Balaban J connectivity index is 2.33. The molecular formula is C12H16BrN3S. The highest BCUT2D eigenvalue weighted by Crippen LogP contribution is 2.19. The molecule has 1 aromatic heterocycles. The highest BCUT2D eigenvalue weighted by Gasteiger charge is 2.05. The van der Waals surface area contributed by atoms with Crippen LogP contribution in [-0.4, -0.2) is 34.6 Å². The summed E-state index contributed by atoms with van der Waals surface area (Å²) in [5, 5.41) is 0. The van der Waals surface area contributed by atoms with Crippen molar-refractivity contribution in [3.05, 3.63) is 27.4 Å². The van der Waals surface area contributed by atoms with E-state index in [0.717, 1.165) is 34.4 Å². The number of nitrogens with one attached hydrogen (secondary N) is 1. The van der Waals surface area contributed by atoms with Gasteiger partial charge >= 0.3 is 0 Å². The summed E-state index contributed by atoms with van der Waals surface area (Å²) in [4.78, 5) is 5.52. The number of aromatic amines is 1. The average Bonchev–Trinajstić information content (AvgIpc) is 2.61. The first-order valence-corrected chi connectivity index (χ1v) is 6.88. The molecule has 0 amide bonds. The molecule has 2 rings (SSSR count). The molecule has 0 unspecified atom stereocenters. The van der Waals surface area contributed by atoms with Crippen LogP contribution in [0.1, 0.15) is 6.92 Å². The molecule has 0 radical (unpaired) electrons. The molecule has 2 aromatic rings. The number of nitrogens with zero attached hydrogens (tertiary/aromatic N) is 2. The van der Waals surface area contributed by atoms with E-state index >= 15 is 0 Å². The van der Waals surface area contributed by atoms with Gasteiger partial charge in [0.05, 0.1) is 11.0 Å². The Bertz CT molecular complexity index is 573. The number of rotatable bonds is 4. The molecule has 0 aliphatic carbocycles. The summed E-state index contributed by atoms with van der Waals surface area (Å²) in [5.41, 5.74) is 2.26. The maximum atomic E-state index is 5.36. The number of imidazole rings is 1. The molecule has 1 heterocycles. The molecule has 5 heteroatoms. The number of hydrogen-bond acceptors (Lipinski definition) is 2. The quantitative estimate of drug-likeness (QED) is 0.875. The summed E-state index contributed by atoms with van der Waals surface area (Å²) in [6.45, 7) is 5.14. The van der Waals surface area contributed by atoms with E-state index in [9.17, 15) is 0 Å². The minimum Gasteiger partial charge on any atom is -0.331 e. The second-order valence-electron chi connectivity index (χ2n) is 4.14. The zero-order chi connectivity index (χ0) is 12.4. The number of fused-ring (bicyclic) bond motifs is 1. The highest BCUT2D eigenvalue weighted by molar-refractivity contribution is 9.10. The van der Waals surface area contributed by atoms with Crippen LogP contribution in [0.2, 0.25) is 0 Å². The van der Waals surface area contributed by atoms with E-state index in [0.29, 0.717) is 0 Å². The van der Waals surface area contributed by atoms with Gasteiger partial charge in [0.2, 0.25) is 0 Å². The minimum atomic E-state index is 0.794. The van der Waals surface area contributed by atoms with Crippen LogP contribution in [0.25, 0.3) is 11.0 Å². The average molecular weight is 314 g/mol. The van der Waals surface area contributed by atoms with E-state index in [1.54, 1.807) is 0 Å². The van der Waals surface area contributed by atoms with Gasteiger partial charge in [0.1, 0.15) is 0 Å². The summed E-state index contributed by atoms with van der Waals surface area (Å²) in [6.07, 6.45) is 0. The maximum absolute atomic E-state index is 5.36. The molecule has 0 spiro atoms. The normalized spacial score (nSPS) is 11.5. The first kappa shape index (κ1) is 12.8. The molecule has 0 atom stereocenters. The molecule has 1 N–H and O–H groups in total. The second kappa shape index (κ2) is 5.33. The molecule has 3 nitrogen and oxygen atoms in total. The fourth-order valence-corrected chi connectivity index (χ4v) is 2.45. The SMILES string of the molecule is CCN(C)CCn1c(=S)[nH]c2cc(Br)ccc21. The second-order valence-corrected chi connectivity index (χ2v) is 5.44. The lowest BCUT2D eigenvalue weighted by atomic mass is 10.3. The van der Waals surface area contributed by atoms with Gasteiger partial charge in [-0.15, -0.1) is 0 Å². The van der Waals surface area contributed by atoms with Crippen molar-refractivity contribution in [2.24, 2.45) is 0 Å². The minimum absolute atomic E-state index is 0.794. The smallest absolute Gasteiger partial charge is 0.178 e. The highest BCUT2D eigenvalue weighted by atomic mass is 79.9. The standard InChI is InChI=1S/C12H16BrN3S/c1-3-15(2)6-7-16-11-5-4-9(13)8-10(11)14-12(16)17/h4-5,8H,3,6-7H2,1-2H3,(H,14,17). The van der Waals surface area contributed by atoms with E-state index in [-0.39, 0.29) is 0 Å². The number of benzene rings is 1. The first-order valence-electron chi connectivity index (χ1n) is 5.68. The lowest BCUT2D eigenvalue weighted by Crippen LogP contribution is -2.22. The van der Waals surface area contributed by atoms with Crippen molar-refractivity contribution in [1.82, 2.24) is 14.5 Å². The lowest BCUT2D eigenvalue weighted by molar-refractivity contribution is 0.336. The lowest BCUT2D eigenvalue weighted by Gasteiger charge is -2.14. The molecule has 0 aliphatic rings. The van der Waals surface area contributed by atoms with Crippen molar-refractivity contribution in [3.63, 3.8) is 0 Å². The molecule has 0 aliphatic heterocycles. The van der Waals surface area contributed by atoms with Crippen LogP contribution in [0.5, 0.6) is 0 Å². The Kier molecular flexibility index (Phi) is 4.01. The van der Waals surface area contributed by atoms with Crippen molar-refractivity contribution in [2.45, 2.75) is 13.5 Å². The van der Waals surface area contributed by atoms with Gasteiger partial charge in [-0.05, 0) is 44.0 Å². The van der Waals surface area contributed by atoms with Gasteiger partial charge in [-0.3, -0.25) is 0 Å². The Morgan fingerprint density at radius 1 is 1.47 bits per heavy atom. The molecular weight excluding hydrogens is 298 g/mol. The van der Waals surface area contributed by atoms with Crippen LogP contribution in [-0.2, 0) is 6.54 Å². The molecule has 0 saturated heterocycles. The number of H-pyrrole nitrogens is 1. The van der Waals surface area contributed by atoms with Gasteiger partial charge in [-0.1, -0.05) is 22.9 Å². The van der Waals surface area contributed by atoms with Crippen molar-refractivity contribution < 1.29 is 0 Å². The van der Waals surface area contributed by atoms with Gasteiger partial charge in [0.25, 0.3) is 0 Å². The summed E-state index contributed by atoms with van der Waals surface area (Å²) in [6, 6.07) is 6.20. The fourth-order valence-electron chi connectivity index (χ4n) is 1.79. The van der Waals surface area contributed by atoms with Crippen LogP contribution in [0.4, 0.5) is 0 Å². The number of likely N-dealkylation sites (N-methyl/N-ethyl adjacent to an activating group) is 1. The molecule has 17 heavy (non-hydrogen) atoms. The molecule has 0 bridgehead atoms. The van der Waals surface area contributed by atoms with Crippen molar-refractivity contribution in [1.29, 1.82) is 0 Å². The zero-order valence-electron chi connectivity index (χ0n) is 10.0. The monoisotopic (exact) mass is 313 g/mol. The van der Waals surface area contributed by atoms with Gasteiger partial charge < -0.3 is 14.5 Å². The third-order valence-corrected chi connectivity index (χ3v) is 3.80. The van der Waals surface area contributed by atoms with Crippen LogP contribution >= 0.6 is 28.1 Å². The molecule has 1 aromatic carbocycles. The number of halogens is 1. The van der Waals surface area contributed by atoms with Gasteiger partial charge in [-0.2, -0.15) is 0 Å². The Morgan fingerprint density at radius 2 is 2.24 bits per heavy atom. The van der Waals surface area contributed by atoms with Gasteiger partial charge in [-0.25, -0.2) is 0 Å². The summed E-state index contributed by atoms with van der Waals surface area (Å²) >= 11 is 8.83. The maximum Gasteiger partial charge on any atom is 0.178 e. The Hall–Kier alpha value is -0.650. The Morgan fingerprint density at radius 3 is 2.94 bits per heavy atom. The zero-order valence-corrected chi connectivity index (χ0v) is 12.4. The summed E-state index contributed by atoms with van der Waals surface area (Å²) in [7, 11) is 2.12. The van der Waals surface area contributed by atoms with Crippen LogP contribution in [0.3, 0.4) is 0 Å². The predicted molar refractivity (Wildman–Crippen MR) is 78.0 cm³/mol. The van der Waals surface area contributed by atoms with E-state index in [2.05, 4.69) is 56.5 Å². The third-order valence-electron chi connectivity index (χ3n) is 2.98. The first-order chi connectivity index (χ1) is 8.11. The Labute approximate surface area is 115 Å². The van der Waals surface area contributed by atoms with E-state index in [1.807, 2.05) is 6.07 Å². The van der Waals surface area contributed by atoms with E-state index < -0.39 is 0 Å². The van der Waals surface area contributed by atoms with E-state index in [1.165, 1.54) is 5.52 Å². The summed E-state index contributed by atoms with van der Waals surface area (Å²) < 4.78 is 4.02. The van der Waals surface area contributed by atoms with Gasteiger partial charge in [0, 0.05) is 17.6 Å². The van der Waals surface area contributed by atoms with Crippen molar-refractivity contribution in [2.75, 3.05) is 20.1 Å². The van der Waals surface area contributed by atoms with Crippen LogP contribution in [0, 0.1) is 4.77 Å². The molecule has 0 saturated carbocycles.